The molecular formula is C10H19NO2. The number of hydrogen-bond acceptors (Lipinski definition) is 3. The second kappa shape index (κ2) is 4.72. The molecule has 1 N–H and O–H groups in total. The number of carbonyl (C=O) groups excluding carboxylic acids is 1. The van der Waals surface area contributed by atoms with E-state index in [0.717, 1.165) is 32.2 Å². The smallest absolute Gasteiger partial charge is 0.124 e. The molecule has 1 aliphatic rings. The van der Waals surface area contributed by atoms with Crippen LogP contribution in [0, 0.1) is 5.92 Å². The summed E-state index contributed by atoms with van der Waals surface area (Å²) >= 11 is 0. The molecule has 76 valence electrons. The van der Waals surface area contributed by atoms with E-state index in [2.05, 4.69) is 4.90 Å². The number of hydrogen-bond donors (Lipinski definition) is 1. The molecule has 0 aromatic heterocycles. The Morgan fingerprint density at radius 2 is 2.23 bits per heavy atom. The van der Waals surface area contributed by atoms with Gasteiger partial charge in [0.2, 0.25) is 0 Å². The van der Waals surface area contributed by atoms with Crippen molar-refractivity contribution in [1.82, 2.24) is 4.90 Å². The third kappa shape index (κ3) is 2.78. The minimum Gasteiger partial charge on any atom is -0.392 e. The maximum atomic E-state index is 10.6. The van der Waals surface area contributed by atoms with Crippen LogP contribution in [-0.4, -0.2) is 41.5 Å². The standard InChI is InChI=1S/C10H19NO2/c1-8(9(2)13)11-5-3-4-10(6-11)7-12/h7-10,13H,3-6H2,1-2H3. The summed E-state index contributed by atoms with van der Waals surface area (Å²) in [5.41, 5.74) is 0. The monoisotopic (exact) mass is 185 g/mol. The fourth-order valence-corrected chi connectivity index (χ4v) is 1.83. The van der Waals surface area contributed by atoms with Crippen LogP contribution in [0.25, 0.3) is 0 Å². The SMILES string of the molecule is CC(O)C(C)N1CCCC(C=O)C1. The minimum atomic E-state index is -0.314. The lowest BCUT2D eigenvalue weighted by Gasteiger charge is -2.36. The van der Waals surface area contributed by atoms with Gasteiger partial charge >= 0.3 is 0 Å². The highest BCUT2D eigenvalue weighted by Gasteiger charge is 2.25. The van der Waals surface area contributed by atoms with Gasteiger partial charge in [0.1, 0.15) is 6.29 Å². The van der Waals surface area contributed by atoms with Crippen LogP contribution in [0.15, 0.2) is 0 Å². The Balaban J connectivity index is 2.45. The van der Waals surface area contributed by atoms with E-state index in [1.807, 2.05) is 6.92 Å². The molecule has 1 aliphatic heterocycles. The van der Waals surface area contributed by atoms with Crippen molar-refractivity contribution in [3.8, 4) is 0 Å². The molecule has 1 heterocycles. The van der Waals surface area contributed by atoms with Crippen LogP contribution in [0.5, 0.6) is 0 Å². The lowest BCUT2D eigenvalue weighted by molar-refractivity contribution is -0.113. The highest BCUT2D eigenvalue weighted by atomic mass is 16.3. The highest BCUT2D eigenvalue weighted by Crippen LogP contribution is 2.17. The molecule has 0 amide bonds. The lowest BCUT2D eigenvalue weighted by Crippen LogP contribution is -2.46. The molecule has 3 atom stereocenters. The van der Waals surface area contributed by atoms with Crippen molar-refractivity contribution in [2.45, 2.75) is 38.8 Å². The molecule has 0 spiro atoms. The molecule has 3 unspecified atom stereocenters. The quantitative estimate of drug-likeness (QED) is 0.657. The zero-order chi connectivity index (χ0) is 9.84. The van der Waals surface area contributed by atoms with Gasteiger partial charge in [0.05, 0.1) is 6.10 Å². The molecule has 0 radical (unpaired) electrons. The van der Waals surface area contributed by atoms with E-state index in [1.165, 1.54) is 0 Å². The number of likely N-dealkylation sites (tertiary alicyclic amines) is 1. The Labute approximate surface area is 79.7 Å². The van der Waals surface area contributed by atoms with Crippen molar-refractivity contribution in [2.75, 3.05) is 13.1 Å². The van der Waals surface area contributed by atoms with E-state index in [1.54, 1.807) is 6.92 Å². The van der Waals surface area contributed by atoms with Crippen LogP contribution in [0.3, 0.4) is 0 Å². The number of aldehydes is 1. The van der Waals surface area contributed by atoms with Crippen LogP contribution >= 0.6 is 0 Å². The Kier molecular flexibility index (Phi) is 3.88. The van der Waals surface area contributed by atoms with Gasteiger partial charge in [0, 0.05) is 18.5 Å². The molecule has 3 nitrogen and oxygen atoms in total. The summed E-state index contributed by atoms with van der Waals surface area (Å²) in [6, 6.07) is 0.169. The first-order valence-corrected chi connectivity index (χ1v) is 5.02. The zero-order valence-corrected chi connectivity index (χ0v) is 8.44. The van der Waals surface area contributed by atoms with Gasteiger partial charge in [-0.15, -0.1) is 0 Å². The van der Waals surface area contributed by atoms with Gasteiger partial charge in [-0.2, -0.15) is 0 Å². The summed E-state index contributed by atoms with van der Waals surface area (Å²) in [7, 11) is 0. The summed E-state index contributed by atoms with van der Waals surface area (Å²) in [6.45, 7) is 5.64. The van der Waals surface area contributed by atoms with Gasteiger partial charge in [-0.1, -0.05) is 0 Å². The summed E-state index contributed by atoms with van der Waals surface area (Å²) in [5.74, 6) is 0.176. The lowest BCUT2D eigenvalue weighted by atomic mass is 9.97. The Hall–Kier alpha value is -0.410. The fourth-order valence-electron chi connectivity index (χ4n) is 1.83. The van der Waals surface area contributed by atoms with Gasteiger partial charge in [0.25, 0.3) is 0 Å². The summed E-state index contributed by atoms with van der Waals surface area (Å²) in [4.78, 5) is 12.8. The molecule has 0 aliphatic carbocycles. The van der Waals surface area contributed by atoms with Crippen LogP contribution in [0.1, 0.15) is 26.7 Å². The van der Waals surface area contributed by atoms with E-state index >= 15 is 0 Å². The largest absolute Gasteiger partial charge is 0.392 e. The van der Waals surface area contributed by atoms with Crippen LogP contribution in [0.2, 0.25) is 0 Å². The van der Waals surface area contributed by atoms with Crippen molar-refractivity contribution >= 4 is 6.29 Å². The van der Waals surface area contributed by atoms with Gasteiger partial charge in [-0.25, -0.2) is 0 Å². The van der Waals surface area contributed by atoms with Crippen LogP contribution in [0.4, 0.5) is 0 Å². The van der Waals surface area contributed by atoms with Gasteiger partial charge in [-0.05, 0) is 33.2 Å². The molecule has 0 saturated carbocycles. The van der Waals surface area contributed by atoms with Crippen molar-refractivity contribution in [1.29, 1.82) is 0 Å². The van der Waals surface area contributed by atoms with E-state index in [0.29, 0.717) is 0 Å². The predicted octanol–water partition coefficient (Wildman–Crippen LogP) is 0.667. The van der Waals surface area contributed by atoms with E-state index in [4.69, 9.17) is 0 Å². The normalized spacial score (nSPS) is 29.6. The maximum absolute atomic E-state index is 10.6. The molecule has 3 heteroatoms. The molecular weight excluding hydrogens is 166 g/mol. The topological polar surface area (TPSA) is 40.5 Å². The predicted molar refractivity (Wildman–Crippen MR) is 51.5 cm³/mol. The second-order valence-corrected chi connectivity index (χ2v) is 4.01. The first-order valence-electron chi connectivity index (χ1n) is 5.02. The van der Waals surface area contributed by atoms with Crippen molar-refractivity contribution < 1.29 is 9.90 Å². The molecule has 1 fully saturated rings. The van der Waals surface area contributed by atoms with E-state index < -0.39 is 0 Å². The number of aliphatic hydroxyl groups is 1. The van der Waals surface area contributed by atoms with Crippen LogP contribution < -0.4 is 0 Å². The average Bonchev–Trinajstić information content (AvgIpc) is 2.16. The molecule has 13 heavy (non-hydrogen) atoms. The maximum Gasteiger partial charge on any atom is 0.124 e. The number of carbonyl (C=O) groups is 1. The number of rotatable bonds is 3. The highest BCUT2D eigenvalue weighted by molar-refractivity contribution is 5.53. The average molecular weight is 185 g/mol. The third-order valence-electron chi connectivity index (χ3n) is 2.96. The Morgan fingerprint density at radius 1 is 1.54 bits per heavy atom. The zero-order valence-electron chi connectivity index (χ0n) is 8.44. The molecule has 1 rings (SSSR count). The summed E-state index contributed by atoms with van der Waals surface area (Å²) in [6.07, 6.45) is 2.80. The number of nitrogens with zero attached hydrogens (tertiary/aromatic N) is 1. The molecule has 1 saturated heterocycles. The Morgan fingerprint density at radius 3 is 2.77 bits per heavy atom. The van der Waals surface area contributed by atoms with Gasteiger partial charge in [-0.3, -0.25) is 4.90 Å². The van der Waals surface area contributed by atoms with Crippen molar-refractivity contribution in [3.05, 3.63) is 0 Å². The number of aliphatic hydroxyl groups excluding tert-OH is 1. The van der Waals surface area contributed by atoms with Gasteiger partial charge in [0.15, 0.2) is 0 Å². The van der Waals surface area contributed by atoms with Gasteiger partial charge < -0.3 is 9.90 Å². The first-order chi connectivity index (χ1) is 6.15. The second-order valence-electron chi connectivity index (χ2n) is 4.01. The van der Waals surface area contributed by atoms with Crippen LogP contribution in [-0.2, 0) is 4.79 Å². The third-order valence-corrected chi connectivity index (χ3v) is 2.96. The summed E-state index contributed by atoms with van der Waals surface area (Å²) in [5, 5.41) is 9.40. The number of piperidine rings is 1. The molecule has 0 bridgehead atoms. The molecule has 0 aromatic rings. The van der Waals surface area contributed by atoms with Crippen molar-refractivity contribution in [2.24, 2.45) is 5.92 Å². The Bertz CT molecular complexity index is 170. The van der Waals surface area contributed by atoms with Crippen molar-refractivity contribution in [3.63, 3.8) is 0 Å². The first kappa shape index (κ1) is 10.7. The fraction of sp³-hybridized carbons (Fsp3) is 0.900. The summed E-state index contributed by atoms with van der Waals surface area (Å²) < 4.78 is 0. The molecule has 0 aromatic carbocycles. The van der Waals surface area contributed by atoms with E-state index in [-0.39, 0.29) is 18.1 Å². The van der Waals surface area contributed by atoms with E-state index in [9.17, 15) is 9.90 Å². The minimum absolute atomic E-state index is 0.169.